The molecule has 82 valence electrons. The number of benzene rings is 1. The molecule has 1 aromatic rings. The molecule has 1 aromatic carbocycles. The standard InChI is InChI=1S/C13H13NOS/c1-2-4-12-11(3-1)13-9(6-15-12)5-10-7-16-8-14(10)13/h1-5,10,13H,6-8H2/t10-,13-/m0/s1. The van der Waals surface area contributed by atoms with E-state index in [4.69, 9.17) is 4.74 Å². The predicted molar refractivity (Wildman–Crippen MR) is 65.7 cm³/mol. The van der Waals surface area contributed by atoms with E-state index in [0.29, 0.717) is 12.1 Å². The van der Waals surface area contributed by atoms with Gasteiger partial charge in [-0.05, 0) is 11.6 Å². The average Bonchev–Trinajstić information content (AvgIpc) is 2.88. The fourth-order valence-electron chi connectivity index (χ4n) is 2.94. The lowest BCUT2D eigenvalue weighted by atomic mass is 9.97. The van der Waals surface area contributed by atoms with Crippen LogP contribution in [0.1, 0.15) is 11.6 Å². The fraction of sp³-hybridized carbons (Fsp3) is 0.385. The normalized spacial score (nSPS) is 31.4. The molecule has 4 rings (SSSR count). The van der Waals surface area contributed by atoms with E-state index in [1.54, 1.807) is 0 Å². The molecule has 0 spiro atoms. The van der Waals surface area contributed by atoms with Crippen LogP contribution in [0.5, 0.6) is 5.75 Å². The van der Waals surface area contributed by atoms with E-state index >= 15 is 0 Å². The molecule has 1 fully saturated rings. The van der Waals surface area contributed by atoms with E-state index in [9.17, 15) is 0 Å². The van der Waals surface area contributed by atoms with Crippen LogP contribution in [0.2, 0.25) is 0 Å². The highest BCUT2D eigenvalue weighted by atomic mass is 32.2. The maximum Gasteiger partial charge on any atom is 0.124 e. The molecule has 0 radical (unpaired) electrons. The van der Waals surface area contributed by atoms with E-state index in [1.165, 1.54) is 16.9 Å². The summed E-state index contributed by atoms with van der Waals surface area (Å²) in [5.41, 5.74) is 2.81. The molecule has 0 saturated carbocycles. The molecule has 0 N–H and O–H groups in total. The van der Waals surface area contributed by atoms with E-state index in [0.717, 1.165) is 18.2 Å². The van der Waals surface area contributed by atoms with Crippen LogP contribution >= 0.6 is 11.8 Å². The van der Waals surface area contributed by atoms with Gasteiger partial charge in [-0.1, -0.05) is 24.3 Å². The Labute approximate surface area is 99.3 Å². The van der Waals surface area contributed by atoms with E-state index in [1.807, 2.05) is 11.8 Å². The van der Waals surface area contributed by atoms with Crippen molar-refractivity contribution in [3.63, 3.8) is 0 Å². The molecule has 2 atom stereocenters. The van der Waals surface area contributed by atoms with Gasteiger partial charge in [0.05, 0.1) is 6.04 Å². The number of fused-ring (bicyclic) bond motifs is 5. The van der Waals surface area contributed by atoms with Crippen LogP contribution in [0.15, 0.2) is 35.9 Å². The molecule has 3 heterocycles. The van der Waals surface area contributed by atoms with Gasteiger partial charge in [-0.25, -0.2) is 0 Å². The lowest BCUT2D eigenvalue weighted by Crippen LogP contribution is -2.31. The topological polar surface area (TPSA) is 12.5 Å². The molecule has 0 bridgehead atoms. The zero-order valence-corrected chi connectivity index (χ0v) is 9.74. The van der Waals surface area contributed by atoms with Crippen molar-refractivity contribution < 1.29 is 4.74 Å². The minimum atomic E-state index is 0.491. The number of thioether (sulfide) groups is 1. The first kappa shape index (κ1) is 9.14. The Bertz CT molecular complexity index is 471. The van der Waals surface area contributed by atoms with Crippen molar-refractivity contribution in [2.45, 2.75) is 12.1 Å². The second-order valence-corrected chi connectivity index (χ2v) is 5.55. The minimum Gasteiger partial charge on any atom is -0.489 e. The Morgan fingerprint density at radius 3 is 3.25 bits per heavy atom. The lowest BCUT2D eigenvalue weighted by molar-refractivity contribution is 0.229. The molecule has 0 unspecified atom stereocenters. The highest BCUT2D eigenvalue weighted by molar-refractivity contribution is 7.99. The fourth-order valence-corrected chi connectivity index (χ4v) is 4.12. The second-order valence-electron chi connectivity index (χ2n) is 4.55. The second kappa shape index (κ2) is 3.28. The van der Waals surface area contributed by atoms with Crippen molar-refractivity contribution in [3.05, 3.63) is 41.5 Å². The summed E-state index contributed by atoms with van der Waals surface area (Å²) in [6, 6.07) is 9.59. The van der Waals surface area contributed by atoms with E-state index < -0.39 is 0 Å². The summed E-state index contributed by atoms with van der Waals surface area (Å²) >= 11 is 2.04. The van der Waals surface area contributed by atoms with E-state index in [-0.39, 0.29) is 0 Å². The number of rotatable bonds is 0. The third-order valence-electron chi connectivity index (χ3n) is 3.65. The number of para-hydroxylation sites is 1. The quantitative estimate of drug-likeness (QED) is 0.636. The lowest BCUT2D eigenvalue weighted by Gasteiger charge is -2.31. The van der Waals surface area contributed by atoms with Crippen molar-refractivity contribution in [1.29, 1.82) is 0 Å². The van der Waals surface area contributed by atoms with Gasteiger partial charge in [0.15, 0.2) is 0 Å². The Balaban J connectivity index is 1.84. The van der Waals surface area contributed by atoms with Crippen molar-refractivity contribution in [2.75, 3.05) is 18.2 Å². The Morgan fingerprint density at radius 2 is 2.25 bits per heavy atom. The van der Waals surface area contributed by atoms with Crippen LogP contribution in [0.4, 0.5) is 0 Å². The Kier molecular flexibility index (Phi) is 1.87. The minimum absolute atomic E-state index is 0.491. The van der Waals surface area contributed by atoms with Crippen LogP contribution in [0.3, 0.4) is 0 Å². The monoisotopic (exact) mass is 231 g/mol. The molecule has 0 amide bonds. The number of ether oxygens (including phenoxy) is 1. The first-order valence-corrected chi connectivity index (χ1v) is 6.85. The van der Waals surface area contributed by atoms with Gasteiger partial charge >= 0.3 is 0 Å². The molecule has 3 heteroatoms. The van der Waals surface area contributed by atoms with Crippen molar-refractivity contribution in [2.24, 2.45) is 0 Å². The summed E-state index contributed by atoms with van der Waals surface area (Å²) in [4.78, 5) is 2.60. The molecule has 0 aromatic heterocycles. The van der Waals surface area contributed by atoms with Crippen molar-refractivity contribution in [3.8, 4) is 5.75 Å². The predicted octanol–water partition coefficient (Wildman–Crippen LogP) is 2.44. The molecular weight excluding hydrogens is 218 g/mol. The SMILES string of the molecule is C1=C2COc3ccccc3[C@H]2N2CSC[C@H]12. The molecule has 0 aliphatic carbocycles. The van der Waals surface area contributed by atoms with Gasteiger partial charge in [-0.3, -0.25) is 4.90 Å². The summed E-state index contributed by atoms with van der Waals surface area (Å²) < 4.78 is 5.80. The first-order valence-electron chi connectivity index (χ1n) is 5.69. The van der Waals surface area contributed by atoms with Crippen molar-refractivity contribution in [1.82, 2.24) is 4.90 Å². The van der Waals surface area contributed by atoms with Gasteiger partial charge < -0.3 is 4.74 Å². The third kappa shape index (κ3) is 1.13. The highest BCUT2D eigenvalue weighted by Gasteiger charge is 2.41. The van der Waals surface area contributed by atoms with Crippen LogP contribution < -0.4 is 4.74 Å². The summed E-state index contributed by atoms with van der Waals surface area (Å²) in [5.74, 6) is 3.47. The zero-order chi connectivity index (χ0) is 10.5. The summed E-state index contributed by atoms with van der Waals surface area (Å²) in [6.07, 6.45) is 2.42. The van der Waals surface area contributed by atoms with Gasteiger partial charge in [0.1, 0.15) is 12.4 Å². The molecular formula is C13H13NOS. The summed E-state index contributed by atoms with van der Waals surface area (Å²) in [7, 11) is 0. The summed E-state index contributed by atoms with van der Waals surface area (Å²) in [6.45, 7) is 0.777. The summed E-state index contributed by atoms with van der Waals surface area (Å²) in [5, 5.41) is 0. The number of hydrogen-bond acceptors (Lipinski definition) is 3. The average molecular weight is 231 g/mol. The van der Waals surface area contributed by atoms with Gasteiger partial charge in [0.2, 0.25) is 0 Å². The van der Waals surface area contributed by atoms with Crippen LogP contribution in [0, 0.1) is 0 Å². The molecule has 16 heavy (non-hydrogen) atoms. The molecule has 2 nitrogen and oxygen atoms in total. The van der Waals surface area contributed by atoms with Gasteiger partial charge in [0.25, 0.3) is 0 Å². The largest absolute Gasteiger partial charge is 0.489 e. The maximum atomic E-state index is 5.80. The van der Waals surface area contributed by atoms with E-state index in [2.05, 4.69) is 35.2 Å². The third-order valence-corrected chi connectivity index (χ3v) is 4.71. The van der Waals surface area contributed by atoms with Gasteiger partial charge in [-0.2, -0.15) is 0 Å². The van der Waals surface area contributed by atoms with Crippen LogP contribution in [-0.4, -0.2) is 29.2 Å². The zero-order valence-electron chi connectivity index (χ0n) is 8.93. The first-order chi connectivity index (χ1) is 7.93. The van der Waals surface area contributed by atoms with Gasteiger partial charge in [0, 0.05) is 23.2 Å². The molecule has 3 aliphatic rings. The Hall–Kier alpha value is -0.930. The van der Waals surface area contributed by atoms with Crippen LogP contribution in [0.25, 0.3) is 0 Å². The number of nitrogens with zero attached hydrogens (tertiary/aromatic N) is 1. The number of hydrogen-bond donors (Lipinski definition) is 0. The maximum absolute atomic E-state index is 5.80. The van der Waals surface area contributed by atoms with Crippen molar-refractivity contribution >= 4 is 11.8 Å². The smallest absolute Gasteiger partial charge is 0.124 e. The Morgan fingerprint density at radius 1 is 1.31 bits per heavy atom. The highest BCUT2D eigenvalue weighted by Crippen LogP contribution is 2.47. The molecule has 3 aliphatic heterocycles. The molecule has 1 saturated heterocycles. The van der Waals surface area contributed by atoms with Crippen LogP contribution in [-0.2, 0) is 0 Å². The van der Waals surface area contributed by atoms with Gasteiger partial charge in [-0.15, -0.1) is 11.8 Å².